The van der Waals surface area contributed by atoms with Crippen molar-refractivity contribution in [3.63, 3.8) is 0 Å². The summed E-state index contributed by atoms with van der Waals surface area (Å²) in [6.45, 7) is 1.33. The Morgan fingerprint density at radius 3 is 2.85 bits per heavy atom. The van der Waals surface area contributed by atoms with E-state index >= 15 is 0 Å². The maximum absolute atomic E-state index is 14.9. The zero-order valence-electron chi connectivity index (χ0n) is 18.0. The van der Waals surface area contributed by atoms with E-state index in [9.17, 15) is 14.4 Å². The molecule has 8 nitrogen and oxygen atoms in total. The van der Waals surface area contributed by atoms with E-state index in [0.717, 1.165) is 12.8 Å². The van der Waals surface area contributed by atoms with Gasteiger partial charge in [0.25, 0.3) is 5.91 Å². The molecule has 1 amide bonds. The van der Waals surface area contributed by atoms with Gasteiger partial charge in [-0.2, -0.15) is 10.4 Å². The summed E-state index contributed by atoms with van der Waals surface area (Å²) in [5.41, 5.74) is 13.3. The van der Waals surface area contributed by atoms with E-state index in [-0.39, 0.29) is 36.0 Å². The van der Waals surface area contributed by atoms with Gasteiger partial charge < -0.3 is 20.9 Å². The van der Waals surface area contributed by atoms with Crippen LogP contribution in [0.4, 0.5) is 10.2 Å². The van der Waals surface area contributed by atoms with E-state index in [4.69, 9.17) is 20.9 Å². The number of nitrogens with two attached hydrogens (primary N) is 2. The van der Waals surface area contributed by atoms with Crippen molar-refractivity contribution in [1.29, 1.82) is 5.26 Å². The van der Waals surface area contributed by atoms with Gasteiger partial charge in [-0.05, 0) is 36.6 Å². The first kappa shape index (κ1) is 22.3. The summed E-state index contributed by atoms with van der Waals surface area (Å²) in [6.07, 6.45) is 2.01. The summed E-state index contributed by atoms with van der Waals surface area (Å²) in [5, 5.41) is 14.2. The van der Waals surface area contributed by atoms with Crippen LogP contribution in [-0.2, 0) is 11.2 Å². The van der Waals surface area contributed by atoms with Gasteiger partial charge in [-0.1, -0.05) is 24.3 Å². The lowest BCUT2D eigenvalue weighted by Gasteiger charge is -2.23. The third kappa shape index (κ3) is 4.66. The fraction of sp³-hybridized carbons (Fsp3) is 0.292. The first-order chi connectivity index (χ1) is 16.0. The Balaban J connectivity index is 1.51. The second kappa shape index (κ2) is 9.71. The monoisotopic (exact) mass is 449 g/mol. The Bertz CT molecular complexity index is 1210. The maximum Gasteiger partial charge on any atom is 0.252 e. The highest BCUT2D eigenvalue weighted by Crippen LogP contribution is 2.32. The highest BCUT2D eigenvalue weighted by atomic mass is 19.1. The van der Waals surface area contributed by atoms with Gasteiger partial charge in [0.15, 0.2) is 0 Å². The van der Waals surface area contributed by atoms with Gasteiger partial charge in [0.2, 0.25) is 0 Å². The molecule has 1 unspecified atom stereocenters. The molecule has 1 atom stereocenters. The molecule has 1 aliphatic heterocycles. The molecular formula is C24H24FN5O3. The van der Waals surface area contributed by atoms with Gasteiger partial charge in [-0.15, -0.1) is 0 Å². The quantitative estimate of drug-likeness (QED) is 0.570. The van der Waals surface area contributed by atoms with E-state index in [2.05, 4.69) is 11.2 Å². The minimum absolute atomic E-state index is 0.0517. The van der Waals surface area contributed by atoms with Crippen molar-refractivity contribution in [3.05, 3.63) is 65.0 Å². The molecule has 2 heterocycles. The summed E-state index contributed by atoms with van der Waals surface area (Å²) >= 11 is 0. The lowest BCUT2D eigenvalue weighted by Crippen LogP contribution is -2.23. The number of nitrogen functional groups attached to an aromatic ring is 1. The third-order valence-electron chi connectivity index (χ3n) is 5.65. The van der Waals surface area contributed by atoms with E-state index in [1.807, 2.05) is 0 Å². The number of ether oxygens (including phenoxy) is 2. The van der Waals surface area contributed by atoms with Crippen molar-refractivity contribution in [2.75, 3.05) is 25.6 Å². The van der Waals surface area contributed by atoms with E-state index in [1.54, 1.807) is 41.1 Å². The molecule has 0 bridgehead atoms. The van der Waals surface area contributed by atoms with Gasteiger partial charge in [-0.25, -0.2) is 9.07 Å². The molecule has 33 heavy (non-hydrogen) atoms. The number of nitriles is 1. The SMILES string of the molecule is N#Cc1c(-c2ccc(CCOc3ccccc3C(N)=O)c(F)c2)nn(C2CCCOC2)c1N. The molecule has 2 aromatic carbocycles. The Kier molecular flexibility index (Phi) is 6.56. The number of rotatable bonds is 7. The summed E-state index contributed by atoms with van der Waals surface area (Å²) in [7, 11) is 0. The molecule has 9 heteroatoms. The minimum Gasteiger partial charge on any atom is -0.492 e. The number of hydrogen-bond acceptors (Lipinski definition) is 6. The smallest absolute Gasteiger partial charge is 0.252 e. The molecule has 1 aromatic heterocycles. The summed E-state index contributed by atoms with van der Waals surface area (Å²) in [6, 6.07) is 13.4. The number of benzene rings is 2. The molecule has 1 saturated heterocycles. The Morgan fingerprint density at radius 1 is 1.33 bits per heavy atom. The number of anilines is 1. The van der Waals surface area contributed by atoms with Crippen LogP contribution in [0.25, 0.3) is 11.3 Å². The fourth-order valence-corrected chi connectivity index (χ4v) is 3.92. The van der Waals surface area contributed by atoms with Gasteiger partial charge in [-0.3, -0.25) is 4.79 Å². The van der Waals surface area contributed by atoms with Gasteiger partial charge >= 0.3 is 0 Å². The van der Waals surface area contributed by atoms with Crippen LogP contribution >= 0.6 is 0 Å². The van der Waals surface area contributed by atoms with Crippen LogP contribution in [0.1, 0.15) is 40.4 Å². The number of carbonyl (C=O) groups excluding carboxylic acids is 1. The normalized spacial score (nSPS) is 15.7. The number of para-hydroxylation sites is 1. The molecule has 0 spiro atoms. The second-order valence-corrected chi connectivity index (χ2v) is 7.80. The van der Waals surface area contributed by atoms with Crippen molar-refractivity contribution in [2.24, 2.45) is 5.73 Å². The molecule has 0 saturated carbocycles. The summed E-state index contributed by atoms with van der Waals surface area (Å²) < 4.78 is 27.6. The van der Waals surface area contributed by atoms with Gasteiger partial charge in [0.05, 0.1) is 24.8 Å². The van der Waals surface area contributed by atoms with Gasteiger partial charge in [0, 0.05) is 18.6 Å². The number of amides is 1. The standard InChI is InChI=1S/C24H24FN5O3/c25-20-12-16(22-19(13-26)23(27)30(29-22)17-4-3-10-32-14-17)8-7-15(20)9-11-33-21-6-2-1-5-18(21)24(28)31/h1-2,5-8,12,17H,3-4,9-11,14,27H2,(H2,28,31). The van der Waals surface area contributed by atoms with Crippen molar-refractivity contribution in [2.45, 2.75) is 25.3 Å². The third-order valence-corrected chi connectivity index (χ3v) is 5.65. The zero-order valence-corrected chi connectivity index (χ0v) is 18.0. The molecule has 170 valence electrons. The van der Waals surface area contributed by atoms with Crippen LogP contribution in [0.15, 0.2) is 42.5 Å². The topological polar surface area (TPSA) is 129 Å². The number of nitrogens with zero attached hydrogens (tertiary/aromatic N) is 3. The van der Waals surface area contributed by atoms with Crippen LogP contribution in [0, 0.1) is 17.1 Å². The molecule has 3 aromatic rings. The Morgan fingerprint density at radius 2 is 2.15 bits per heavy atom. The first-order valence-electron chi connectivity index (χ1n) is 10.7. The first-order valence-corrected chi connectivity index (χ1v) is 10.7. The predicted octanol–water partition coefficient (Wildman–Crippen LogP) is 3.21. The van der Waals surface area contributed by atoms with Gasteiger partial charge in [0.1, 0.15) is 34.7 Å². The number of halogens is 1. The van der Waals surface area contributed by atoms with E-state index in [0.29, 0.717) is 35.8 Å². The second-order valence-electron chi connectivity index (χ2n) is 7.80. The molecular weight excluding hydrogens is 425 g/mol. The maximum atomic E-state index is 14.9. The average molecular weight is 449 g/mol. The van der Waals surface area contributed by atoms with Crippen LogP contribution in [0.3, 0.4) is 0 Å². The van der Waals surface area contributed by atoms with Crippen LogP contribution in [-0.4, -0.2) is 35.5 Å². The van der Waals surface area contributed by atoms with E-state index < -0.39 is 11.7 Å². The number of aromatic nitrogens is 2. The molecule has 4 N–H and O–H groups in total. The summed E-state index contributed by atoms with van der Waals surface area (Å²) in [4.78, 5) is 11.5. The highest BCUT2D eigenvalue weighted by Gasteiger charge is 2.24. The largest absolute Gasteiger partial charge is 0.492 e. The summed E-state index contributed by atoms with van der Waals surface area (Å²) in [5.74, 6) is -0.423. The highest BCUT2D eigenvalue weighted by molar-refractivity contribution is 5.95. The van der Waals surface area contributed by atoms with Crippen LogP contribution in [0.2, 0.25) is 0 Å². The minimum atomic E-state index is -0.590. The number of hydrogen-bond donors (Lipinski definition) is 2. The lowest BCUT2D eigenvalue weighted by molar-refractivity contribution is 0.0558. The Hall–Kier alpha value is -3.90. The fourth-order valence-electron chi connectivity index (χ4n) is 3.92. The molecule has 0 radical (unpaired) electrons. The predicted molar refractivity (Wildman–Crippen MR) is 120 cm³/mol. The lowest BCUT2D eigenvalue weighted by atomic mass is 10.0. The average Bonchev–Trinajstić information content (AvgIpc) is 3.17. The van der Waals surface area contributed by atoms with Crippen LogP contribution in [0.5, 0.6) is 5.75 Å². The van der Waals surface area contributed by atoms with Crippen molar-refractivity contribution in [3.8, 4) is 23.1 Å². The van der Waals surface area contributed by atoms with Crippen LogP contribution < -0.4 is 16.2 Å². The Labute approximate surface area is 190 Å². The van der Waals surface area contributed by atoms with Crippen molar-refractivity contribution >= 4 is 11.7 Å². The molecule has 1 aliphatic rings. The number of primary amides is 1. The molecule has 1 fully saturated rings. The molecule has 4 rings (SSSR count). The van der Waals surface area contributed by atoms with Crippen molar-refractivity contribution in [1.82, 2.24) is 9.78 Å². The molecule has 0 aliphatic carbocycles. The number of carbonyl (C=O) groups is 1. The van der Waals surface area contributed by atoms with Crippen molar-refractivity contribution < 1.29 is 18.7 Å². The zero-order chi connectivity index (χ0) is 23.4. The van der Waals surface area contributed by atoms with E-state index in [1.165, 1.54) is 6.07 Å².